The molecule has 1 aromatic carbocycles. The fourth-order valence-corrected chi connectivity index (χ4v) is 1.44. The Balaban J connectivity index is 3.13. The number of hydrogen-bond acceptors (Lipinski definition) is 3. The van der Waals surface area contributed by atoms with Gasteiger partial charge in [0.25, 0.3) is 0 Å². The van der Waals surface area contributed by atoms with Crippen molar-refractivity contribution < 1.29 is 5.11 Å². The van der Waals surface area contributed by atoms with Gasteiger partial charge in [0, 0.05) is 10.9 Å². The highest BCUT2D eigenvalue weighted by molar-refractivity contribution is 9.08. The molecular formula is C7H9BrN2O. The summed E-state index contributed by atoms with van der Waals surface area (Å²) in [6, 6.07) is 5.16. The summed E-state index contributed by atoms with van der Waals surface area (Å²) in [5.41, 5.74) is 4.01. The Hall–Kier alpha value is -0.740. The number of nitrogen functional groups attached to an aromatic ring is 1. The molecule has 0 radical (unpaired) electrons. The van der Waals surface area contributed by atoms with Crippen molar-refractivity contribution in [2.24, 2.45) is 5.84 Å². The molecule has 0 atom stereocenters. The highest BCUT2D eigenvalue weighted by Gasteiger charge is 2.03. The summed E-state index contributed by atoms with van der Waals surface area (Å²) in [6.45, 7) is 0. The van der Waals surface area contributed by atoms with Crippen LogP contribution in [0.15, 0.2) is 18.2 Å². The van der Waals surface area contributed by atoms with Gasteiger partial charge in [-0.1, -0.05) is 22.0 Å². The number of phenols is 1. The fourth-order valence-electron chi connectivity index (χ4n) is 0.850. The summed E-state index contributed by atoms with van der Waals surface area (Å²) in [6.07, 6.45) is 0. The molecule has 11 heavy (non-hydrogen) atoms. The summed E-state index contributed by atoms with van der Waals surface area (Å²) in [5, 5.41) is 9.88. The number of anilines is 1. The highest BCUT2D eigenvalue weighted by Crippen LogP contribution is 2.26. The Morgan fingerprint density at radius 3 is 2.73 bits per heavy atom. The average molecular weight is 217 g/mol. The molecule has 1 aromatic rings. The lowest BCUT2D eigenvalue weighted by Crippen LogP contribution is -2.08. The molecule has 0 spiro atoms. The molecule has 0 aliphatic rings. The number of alkyl halides is 1. The van der Waals surface area contributed by atoms with E-state index in [9.17, 15) is 5.11 Å². The smallest absolute Gasteiger partial charge is 0.121 e. The lowest BCUT2D eigenvalue weighted by molar-refractivity contribution is 0.471. The van der Waals surface area contributed by atoms with Crippen LogP contribution in [0.2, 0.25) is 0 Å². The molecule has 4 heteroatoms. The van der Waals surface area contributed by atoms with Gasteiger partial charge in [0.2, 0.25) is 0 Å². The van der Waals surface area contributed by atoms with E-state index in [1.54, 1.807) is 18.2 Å². The van der Waals surface area contributed by atoms with Crippen molar-refractivity contribution >= 4 is 21.6 Å². The zero-order valence-corrected chi connectivity index (χ0v) is 7.43. The molecule has 3 nitrogen and oxygen atoms in total. The van der Waals surface area contributed by atoms with E-state index in [1.165, 1.54) is 0 Å². The number of nitrogens with two attached hydrogens (primary N) is 1. The standard InChI is InChI=1S/C7H9BrN2O/c8-4-5-6(10-9)2-1-3-7(5)11/h1-3,10-11H,4,9H2. The molecule has 0 aromatic heterocycles. The number of halogens is 1. The van der Waals surface area contributed by atoms with Crippen LogP contribution in [0.1, 0.15) is 5.56 Å². The van der Waals surface area contributed by atoms with Gasteiger partial charge in [-0.15, -0.1) is 0 Å². The van der Waals surface area contributed by atoms with Crippen LogP contribution in [-0.2, 0) is 5.33 Å². The van der Waals surface area contributed by atoms with E-state index in [2.05, 4.69) is 21.4 Å². The third-order valence-electron chi connectivity index (χ3n) is 1.44. The third-order valence-corrected chi connectivity index (χ3v) is 2.00. The van der Waals surface area contributed by atoms with Crippen LogP contribution >= 0.6 is 15.9 Å². The summed E-state index contributed by atoms with van der Waals surface area (Å²) in [4.78, 5) is 0. The summed E-state index contributed by atoms with van der Waals surface area (Å²) >= 11 is 3.24. The second-order valence-electron chi connectivity index (χ2n) is 2.08. The van der Waals surface area contributed by atoms with Gasteiger partial charge in [-0.05, 0) is 12.1 Å². The predicted octanol–water partition coefficient (Wildman–Crippen LogP) is 1.57. The Kier molecular flexibility index (Phi) is 2.73. The van der Waals surface area contributed by atoms with E-state index < -0.39 is 0 Å². The van der Waals surface area contributed by atoms with Crippen LogP contribution in [0.4, 0.5) is 5.69 Å². The Bertz CT molecular complexity index is 252. The van der Waals surface area contributed by atoms with Crippen molar-refractivity contribution in [3.63, 3.8) is 0 Å². The maximum Gasteiger partial charge on any atom is 0.121 e. The molecule has 0 saturated carbocycles. The van der Waals surface area contributed by atoms with E-state index in [0.29, 0.717) is 5.33 Å². The first-order valence-electron chi connectivity index (χ1n) is 3.13. The van der Waals surface area contributed by atoms with E-state index in [0.717, 1.165) is 11.3 Å². The van der Waals surface area contributed by atoms with Crippen molar-refractivity contribution in [2.45, 2.75) is 5.33 Å². The van der Waals surface area contributed by atoms with Crippen molar-refractivity contribution in [3.05, 3.63) is 23.8 Å². The second kappa shape index (κ2) is 3.59. The number of phenolic OH excluding ortho intramolecular Hbond substituents is 1. The van der Waals surface area contributed by atoms with Gasteiger partial charge in [0.05, 0.1) is 5.69 Å². The van der Waals surface area contributed by atoms with E-state index >= 15 is 0 Å². The van der Waals surface area contributed by atoms with Crippen LogP contribution in [-0.4, -0.2) is 5.11 Å². The fraction of sp³-hybridized carbons (Fsp3) is 0.143. The summed E-state index contributed by atoms with van der Waals surface area (Å²) in [5.74, 6) is 5.46. The third kappa shape index (κ3) is 1.64. The normalized spacial score (nSPS) is 9.64. The second-order valence-corrected chi connectivity index (χ2v) is 2.64. The molecular weight excluding hydrogens is 208 g/mol. The molecule has 60 valence electrons. The SMILES string of the molecule is NNc1cccc(O)c1CBr. The van der Waals surface area contributed by atoms with Crippen molar-refractivity contribution in [3.8, 4) is 5.75 Å². The van der Waals surface area contributed by atoms with E-state index in [-0.39, 0.29) is 5.75 Å². The molecule has 0 aliphatic heterocycles. The molecule has 0 aliphatic carbocycles. The van der Waals surface area contributed by atoms with Gasteiger partial charge in [-0.2, -0.15) is 0 Å². The minimum absolute atomic E-state index is 0.248. The van der Waals surface area contributed by atoms with Gasteiger partial charge in [0.15, 0.2) is 0 Å². The number of benzene rings is 1. The molecule has 0 bridgehead atoms. The van der Waals surface area contributed by atoms with Crippen molar-refractivity contribution in [1.29, 1.82) is 0 Å². The predicted molar refractivity (Wildman–Crippen MR) is 48.5 cm³/mol. The Morgan fingerprint density at radius 2 is 2.27 bits per heavy atom. The monoisotopic (exact) mass is 216 g/mol. The van der Waals surface area contributed by atoms with Crippen LogP contribution in [0.3, 0.4) is 0 Å². The molecule has 0 saturated heterocycles. The summed E-state index contributed by atoms with van der Waals surface area (Å²) in [7, 11) is 0. The Morgan fingerprint density at radius 1 is 1.55 bits per heavy atom. The van der Waals surface area contributed by atoms with E-state index in [4.69, 9.17) is 5.84 Å². The van der Waals surface area contributed by atoms with Crippen LogP contribution < -0.4 is 11.3 Å². The first kappa shape index (κ1) is 8.36. The molecule has 0 unspecified atom stereocenters. The molecule has 0 fully saturated rings. The number of rotatable bonds is 2. The molecule has 0 heterocycles. The molecule has 1 rings (SSSR count). The summed E-state index contributed by atoms with van der Waals surface area (Å²) < 4.78 is 0. The molecule has 4 N–H and O–H groups in total. The van der Waals surface area contributed by atoms with Crippen LogP contribution in [0.25, 0.3) is 0 Å². The number of hydrogen-bond donors (Lipinski definition) is 3. The largest absolute Gasteiger partial charge is 0.508 e. The van der Waals surface area contributed by atoms with Gasteiger partial charge < -0.3 is 10.5 Å². The van der Waals surface area contributed by atoms with E-state index in [1.807, 2.05) is 0 Å². The van der Waals surface area contributed by atoms with Crippen molar-refractivity contribution in [1.82, 2.24) is 0 Å². The first-order chi connectivity index (χ1) is 5.29. The average Bonchev–Trinajstić information content (AvgIpc) is 2.04. The van der Waals surface area contributed by atoms with Crippen LogP contribution in [0.5, 0.6) is 5.75 Å². The number of aromatic hydroxyl groups is 1. The lowest BCUT2D eigenvalue weighted by Gasteiger charge is -2.06. The maximum absolute atomic E-state index is 9.30. The van der Waals surface area contributed by atoms with Gasteiger partial charge in [0.1, 0.15) is 5.75 Å². The minimum atomic E-state index is 0.248. The van der Waals surface area contributed by atoms with Gasteiger partial charge in [-0.3, -0.25) is 5.84 Å². The number of nitrogens with one attached hydrogen (secondary N) is 1. The van der Waals surface area contributed by atoms with Crippen LogP contribution in [0, 0.1) is 0 Å². The topological polar surface area (TPSA) is 58.3 Å². The highest BCUT2D eigenvalue weighted by atomic mass is 79.9. The minimum Gasteiger partial charge on any atom is -0.508 e. The number of hydrazine groups is 1. The zero-order chi connectivity index (χ0) is 8.27. The Labute approximate surface area is 73.3 Å². The molecule has 0 amide bonds. The first-order valence-corrected chi connectivity index (χ1v) is 4.25. The van der Waals surface area contributed by atoms with Crippen molar-refractivity contribution in [2.75, 3.05) is 5.43 Å². The van der Waals surface area contributed by atoms with Gasteiger partial charge in [-0.25, -0.2) is 0 Å². The zero-order valence-electron chi connectivity index (χ0n) is 5.84. The van der Waals surface area contributed by atoms with Gasteiger partial charge >= 0.3 is 0 Å². The quantitative estimate of drug-likeness (QED) is 0.400. The maximum atomic E-state index is 9.30. The lowest BCUT2D eigenvalue weighted by atomic mass is 10.2.